The van der Waals surface area contributed by atoms with Gasteiger partial charge in [-0.3, -0.25) is 0 Å². The van der Waals surface area contributed by atoms with Crippen LogP contribution in [0.1, 0.15) is 64.3 Å². The molecule has 2 aliphatic rings. The largest absolute Gasteiger partial charge is 0.373 e. The Hall–Kier alpha value is -6.35. The van der Waals surface area contributed by atoms with Crippen LogP contribution in [0.3, 0.4) is 0 Å². The highest BCUT2D eigenvalue weighted by Gasteiger charge is 2.32. The number of nitrogens with zero attached hydrogens (tertiary/aromatic N) is 6. The topological polar surface area (TPSA) is 139 Å². The summed E-state index contributed by atoms with van der Waals surface area (Å²) in [7, 11) is -3.80. The van der Waals surface area contributed by atoms with Gasteiger partial charge < -0.3 is 19.8 Å². The lowest BCUT2D eigenvalue weighted by atomic mass is 9.97. The van der Waals surface area contributed by atoms with Crippen LogP contribution in [0.25, 0.3) is 0 Å². The zero-order valence-electron chi connectivity index (χ0n) is 38.8. The number of H-pyrrole nitrogens is 2. The first kappa shape index (κ1) is 49.6. The third-order valence-corrected chi connectivity index (χ3v) is 15.1. The van der Waals surface area contributed by atoms with Gasteiger partial charge in [0, 0.05) is 55.8 Å². The number of rotatable bonds is 13. The van der Waals surface area contributed by atoms with Crippen molar-refractivity contribution in [3.8, 4) is 0 Å². The molecule has 12 nitrogen and oxygen atoms in total. The molecule has 0 amide bonds. The normalized spacial score (nSPS) is 16.4. The van der Waals surface area contributed by atoms with Crippen LogP contribution in [0, 0.1) is 19.7 Å². The molecule has 15 heteroatoms. The Kier molecular flexibility index (Phi) is 17.6. The lowest BCUT2D eigenvalue weighted by Gasteiger charge is -2.39. The fourth-order valence-corrected chi connectivity index (χ4v) is 11.1. The minimum atomic E-state index is -3.80. The van der Waals surface area contributed by atoms with Crippen molar-refractivity contribution >= 4 is 39.5 Å². The first-order chi connectivity index (χ1) is 33.0. The molecule has 0 bridgehead atoms. The Balaban J connectivity index is 0.000000200. The molecule has 0 fully saturated rings. The molecule has 68 heavy (non-hydrogen) atoms. The Morgan fingerprint density at radius 1 is 0.735 bits per heavy atom. The fourth-order valence-electron chi connectivity index (χ4n) is 9.09. The third-order valence-electron chi connectivity index (χ3n) is 12.5. The highest BCUT2D eigenvalue weighted by molar-refractivity contribution is 7.96. The van der Waals surface area contributed by atoms with Crippen LogP contribution in [0.2, 0.25) is 0 Å². The lowest BCUT2D eigenvalue weighted by Crippen LogP contribution is -2.43. The van der Waals surface area contributed by atoms with E-state index in [1.807, 2.05) is 49.5 Å². The van der Waals surface area contributed by atoms with Crippen LogP contribution < -0.4 is 9.80 Å². The second-order valence-corrected chi connectivity index (χ2v) is 19.9. The van der Waals surface area contributed by atoms with Gasteiger partial charge in [-0.05, 0) is 111 Å². The minimum absolute atomic E-state index is 0.0893. The summed E-state index contributed by atoms with van der Waals surface area (Å²) < 4.78 is 44.9. The fraction of sp³-hybridized carbons (Fsp3) is 0.302. The molecular formula is C53H59FN8O4S2. The molecule has 354 valence electrons. The third kappa shape index (κ3) is 13.2. The van der Waals surface area contributed by atoms with Crippen molar-refractivity contribution in [1.82, 2.24) is 28.5 Å². The quantitative estimate of drug-likeness (QED) is 0.108. The van der Waals surface area contributed by atoms with Gasteiger partial charge in [0.15, 0.2) is 0 Å². The van der Waals surface area contributed by atoms with Gasteiger partial charge in [0.25, 0.3) is 0 Å². The molecule has 2 N–H and O–H groups in total. The van der Waals surface area contributed by atoms with Crippen LogP contribution in [-0.2, 0) is 58.6 Å². The lowest BCUT2D eigenvalue weighted by molar-refractivity contribution is -0.191. The first-order valence-electron chi connectivity index (χ1n) is 22.8. The second-order valence-electron chi connectivity index (χ2n) is 17.1. The SMILES string of the molecule is CSN1Cc2ccccc2N(Cc2cnc[nH]2)C(CCc2ccccc2)C1.Cc1cccc(CCC2CCN(S(=O)(=O)c3ccc(F)cc3)Cc3ccccc3N2Cc2cnc(C)[nH]2)c1.O=C=O. The summed E-state index contributed by atoms with van der Waals surface area (Å²) >= 11 is 1.84. The van der Waals surface area contributed by atoms with Crippen LogP contribution in [0.5, 0.6) is 0 Å². The molecule has 0 spiro atoms. The highest BCUT2D eigenvalue weighted by Crippen LogP contribution is 2.35. The zero-order valence-corrected chi connectivity index (χ0v) is 40.4. The Labute approximate surface area is 403 Å². The van der Waals surface area contributed by atoms with Gasteiger partial charge in [0.2, 0.25) is 10.0 Å². The summed E-state index contributed by atoms with van der Waals surface area (Å²) in [5, 5.41) is 0. The van der Waals surface area contributed by atoms with Gasteiger partial charge in [-0.2, -0.15) is 13.9 Å². The number of anilines is 2. The molecule has 4 heterocycles. The molecule has 2 aliphatic heterocycles. The van der Waals surface area contributed by atoms with E-state index in [-0.39, 0.29) is 23.6 Å². The molecule has 5 aromatic carbocycles. The summed E-state index contributed by atoms with van der Waals surface area (Å²) in [6.07, 6.45) is 12.7. The molecule has 7 aromatic rings. The number of hydrogen-bond acceptors (Lipinski definition) is 10. The van der Waals surface area contributed by atoms with Crippen molar-refractivity contribution in [2.75, 3.05) is 29.1 Å². The second kappa shape index (κ2) is 24.1. The number of sulfonamides is 1. The van der Waals surface area contributed by atoms with Crippen molar-refractivity contribution in [3.05, 3.63) is 197 Å². The molecule has 2 unspecified atom stereocenters. The molecule has 2 aromatic heterocycles. The van der Waals surface area contributed by atoms with E-state index in [9.17, 15) is 12.8 Å². The van der Waals surface area contributed by atoms with E-state index in [4.69, 9.17) is 9.59 Å². The predicted octanol–water partition coefficient (Wildman–Crippen LogP) is 9.70. The van der Waals surface area contributed by atoms with Gasteiger partial charge in [-0.15, -0.1) is 0 Å². The van der Waals surface area contributed by atoms with Gasteiger partial charge in [0.05, 0.1) is 41.9 Å². The number of carbonyl (C=O) groups excluding carboxylic acids is 2. The van der Waals surface area contributed by atoms with Crippen molar-refractivity contribution in [3.63, 3.8) is 0 Å². The van der Waals surface area contributed by atoms with Crippen LogP contribution in [-0.4, -0.2) is 74.5 Å². The van der Waals surface area contributed by atoms with E-state index in [0.717, 1.165) is 73.8 Å². The molecule has 2 atom stereocenters. The van der Waals surface area contributed by atoms with Crippen LogP contribution >= 0.6 is 11.9 Å². The monoisotopic (exact) mass is 954 g/mol. The Morgan fingerprint density at radius 3 is 2.00 bits per heavy atom. The Bertz CT molecular complexity index is 2800. The van der Waals surface area contributed by atoms with Gasteiger partial charge in [0.1, 0.15) is 11.6 Å². The average molecular weight is 955 g/mol. The standard InChI is InChI=1S/C30H33FN4O2S.C22H26N4S.CO2/c1-22-6-5-7-24(18-22)10-13-28-16-17-34(38(36,37)29-14-11-26(31)12-15-29)20-25-8-3-4-9-30(25)35(28)21-27-19-32-23(2)33-27;1-27-25-14-19-9-5-6-10-22(19)26(15-20-13-23-17-24-20)21(16-25)12-11-18-7-3-2-4-8-18;2-1-3/h3-9,11-12,14-15,18-19,28H,10,13,16-17,20-21H2,1-2H3,(H,32,33);2-10,13,17,21H,11-12,14-16H2,1H3,(H,23,24);. The molecule has 0 saturated heterocycles. The number of aryl methyl sites for hydroxylation is 4. The molecular weight excluding hydrogens is 896 g/mol. The van der Waals surface area contributed by atoms with E-state index in [2.05, 4.69) is 132 Å². The van der Waals surface area contributed by atoms with Crippen LogP contribution in [0.15, 0.2) is 151 Å². The summed E-state index contributed by atoms with van der Waals surface area (Å²) in [6.45, 7) is 8.21. The van der Waals surface area contributed by atoms with E-state index in [1.54, 1.807) is 6.33 Å². The maximum atomic E-state index is 13.6. The van der Waals surface area contributed by atoms with Crippen LogP contribution in [0.4, 0.5) is 15.8 Å². The maximum Gasteiger partial charge on any atom is 0.373 e. The number of para-hydroxylation sites is 2. The van der Waals surface area contributed by atoms with Crippen molar-refractivity contribution in [2.45, 2.75) is 89.1 Å². The number of aromatic nitrogens is 4. The first-order valence-corrected chi connectivity index (χ1v) is 25.5. The van der Waals surface area contributed by atoms with Crippen molar-refractivity contribution in [1.29, 1.82) is 0 Å². The average Bonchev–Trinajstić information content (AvgIpc) is 3.99. The van der Waals surface area contributed by atoms with Gasteiger partial charge in [-0.25, -0.2) is 27.1 Å². The van der Waals surface area contributed by atoms with E-state index < -0.39 is 15.8 Å². The number of aromatic amines is 2. The smallest absolute Gasteiger partial charge is 0.362 e. The van der Waals surface area contributed by atoms with Gasteiger partial charge >= 0.3 is 6.15 Å². The summed E-state index contributed by atoms with van der Waals surface area (Å²) in [6, 6.07) is 41.8. The minimum Gasteiger partial charge on any atom is -0.362 e. The molecule has 9 rings (SSSR count). The van der Waals surface area contributed by atoms with E-state index in [1.165, 1.54) is 56.5 Å². The van der Waals surface area contributed by atoms with Gasteiger partial charge in [-0.1, -0.05) is 109 Å². The summed E-state index contributed by atoms with van der Waals surface area (Å²) in [5.74, 6) is 0.413. The van der Waals surface area contributed by atoms with Crippen molar-refractivity contribution in [2.24, 2.45) is 0 Å². The predicted molar refractivity (Wildman–Crippen MR) is 267 cm³/mol. The number of hydrogen-bond donors (Lipinski definition) is 2. The number of halogens is 1. The molecule has 0 radical (unpaired) electrons. The van der Waals surface area contributed by atoms with E-state index >= 15 is 0 Å². The number of imidazole rings is 2. The van der Waals surface area contributed by atoms with E-state index in [0.29, 0.717) is 25.6 Å². The number of fused-ring (bicyclic) bond motifs is 2. The number of benzene rings is 5. The summed E-state index contributed by atoms with van der Waals surface area (Å²) in [4.78, 5) is 36.6. The van der Waals surface area contributed by atoms with Crippen molar-refractivity contribution < 1.29 is 22.4 Å². The highest BCUT2D eigenvalue weighted by atomic mass is 32.2. The molecule has 0 aliphatic carbocycles. The summed E-state index contributed by atoms with van der Waals surface area (Å²) in [5.41, 5.74) is 10.8. The zero-order chi connectivity index (χ0) is 47.9. The molecule has 0 saturated carbocycles. The Morgan fingerprint density at radius 2 is 1.35 bits per heavy atom. The number of nitrogens with one attached hydrogen (secondary N) is 2. The maximum absolute atomic E-state index is 13.6.